The molecule has 1 unspecified atom stereocenters. The van der Waals surface area contributed by atoms with E-state index in [1.165, 1.54) is 49.2 Å². The molecule has 2 aromatic rings. The molecule has 0 aliphatic carbocycles. The molecule has 0 bridgehead atoms. The minimum atomic E-state index is -5.08. The van der Waals surface area contributed by atoms with Crippen molar-refractivity contribution in [3.05, 3.63) is 39.8 Å². The first-order valence-electron chi connectivity index (χ1n) is 9.23. The molecule has 1 aliphatic rings. The standard InChI is InChI=1S/C17H25N3S.C2HF3O2/c1-14-12-16(19(2)18-14)13-20-10-4-3-6-15(20)8-9-17-7-5-11-21-17;3-2(4,5)1(6)7/h5,7,11-12,15H,3-4,6,8-10,13H2,1-2H3;(H,6,7). The van der Waals surface area contributed by atoms with Crippen molar-refractivity contribution in [1.29, 1.82) is 0 Å². The van der Waals surface area contributed by atoms with E-state index in [0.29, 0.717) is 0 Å². The molecule has 28 heavy (non-hydrogen) atoms. The molecule has 1 saturated heterocycles. The number of thiophene rings is 1. The molecule has 5 nitrogen and oxygen atoms in total. The lowest BCUT2D eigenvalue weighted by Gasteiger charge is -2.35. The Labute approximate surface area is 166 Å². The zero-order chi connectivity index (χ0) is 20.7. The number of halogens is 3. The van der Waals surface area contributed by atoms with Crippen molar-refractivity contribution in [3.8, 4) is 0 Å². The molecule has 1 N–H and O–H groups in total. The van der Waals surface area contributed by atoms with Crippen molar-refractivity contribution < 1.29 is 23.1 Å². The highest BCUT2D eigenvalue weighted by Crippen LogP contribution is 2.24. The van der Waals surface area contributed by atoms with E-state index < -0.39 is 12.1 Å². The van der Waals surface area contributed by atoms with Crippen LogP contribution >= 0.6 is 11.3 Å². The van der Waals surface area contributed by atoms with E-state index in [1.807, 2.05) is 16.0 Å². The van der Waals surface area contributed by atoms with Crippen molar-refractivity contribution in [3.63, 3.8) is 0 Å². The molecule has 1 fully saturated rings. The lowest BCUT2D eigenvalue weighted by Crippen LogP contribution is -2.39. The number of nitrogens with zero attached hydrogens (tertiary/aromatic N) is 3. The van der Waals surface area contributed by atoms with Gasteiger partial charge in [0, 0.05) is 24.5 Å². The number of rotatable bonds is 5. The lowest BCUT2D eigenvalue weighted by atomic mass is 9.97. The number of hydrogen-bond donors (Lipinski definition) is 1. The Hall–Kier alpha value is -1.87. The van der Waals surface area contributed by atoms with Crippen LogP contribution in [-0.2, 0) is 24.8 Å². The Kier molecular flexibility index (Phi) is 8.06. The van der Waals surface area contributed by atoms with Gasteiger partial charge in [-0.3, -0.25) is 9.58 Å². The van der Waals surface area contributed by atoms with Gasteiger partial charge in [0.2, 0.25) is 0 Å². The zero-order valence-corrected chi connectivity index (χ0v) is 16.9. The predicted molar refractivity (Wildman–Crippen MR) is 102 cm³/mol. The van der Waals surface area contributed by atoms with E-state index >= 15 is 0 Å². The van der Waals surface area contributed by atoms with Gasteiger partial charge in [0.05, 0.1) is 11.4 Å². The largest absolute Gasteiger partial charge is 0.490 e. The van der Waals surface area contributed by atoms with Crippen molar-refractivity contribution in [2.24, 2.45) is 7.05 Å². The Bertz CT molecular complexity index is 744. The second-order valence-corrected chi connectivity index (χ2v) is 7.97. The molecule has 0 spiro atoms. The highest BCUT2D eigenvalue weighted by Gasteiger charge is 2.38. The smallest absolute Gasteiger partial charge is 0.475 e. The molecule has 1 atom stereocenters. The summed E-state index contributed by atoms with van der Waals surface area (Å²) < 4.78 is 33.8. The summed E-state index contributed by atoms with van der Waals surface area (Å²) in [4.78, 5) is 13.1. The molecular formula is C19H26F3N3O2S. The van der Waals surface area contributed by atoms with E-state index in [2.05, 4.69) is 47.5 Å². The third kappa shape index (κ3) is 6.94. The summed E-state index contributed by atoms with van der Waals surface area (Å²) in [5.41, 5.74) is 2.47. The van der Waals surface area contributed by atoms with Gasteiger partial charge in [0.15, 0.2) is 0 Å². The molecule has 0 aromatic carbocycles. The molecule has 3 heterocycles. The quantitative estimate of drug-likeness (QED) is 0.783. The number of piperidine rings is 1. The van der Waals surface area contributed by atoms with Crippen LogP contribution in [0, 0.1) is 6.92 Å². The zero-order valence-electron chi connectivity index (χ0n) is 16.1. The molecule has 3 rings (SSSR count). The number of carboxylic acids is 1. The molecule has 9 heteroatoms. The monoisotopic (exact) mass is 417 g/mol. The van der Waals surface area contributed by atoms with Crippen LogP contribution in [0.3, 0.4) is 0 Å². The van der Waals surface area contributed by atoms with E-state index in [4.69, 9.17) is 9.90 Å². The molecule has 1 aliphatic heterocycles. The fourth-order valence-corrected chi connectivity index (χ4v) is 4.10. The van der Waals surface area contributed by atoms with E-state index in [1.54, 1.807) is 0 Å². The first-order chi connectivity index (χ1) is 13.2. The topological polar surface area (TPSA) is 58.4 Å². The van der Waals surface area contributed by atoms with Gasteiger partial charge in [-0.25, -0.2) is 4.79 Å². The normalized spacial score (nSPS) is 17.8. The summed E-state index contributed by atoms with van der Waals surface area (Å²) >= 11 is 1.89. The molecule has 0 saturated carbocycles. The van der Waals surface area contributed by atoms with Crippen LogP contribution in [0.5, 0.6) is 0 Å². The summed E-state index contributed by atoms with van der Waals surface area (Å²) in [5, 5.41) is 13.8. The number of hydrogen-bond acceptors (Lipinski definition) is 4. The van der Waals surface area contributed by atoms with Crippen LogP contribution < -0.4 is 0 Å². The predicted octanol–water partition coefficient (Wildman–Crippen LogP) is 4.41. The number of carboxylic acid groups (broad SMARTS) is 1. The Balaban J connectivity index is 0.000000345. The molecular weight excluding hydrogens is 391 g/mol. The van der Waals surface area contributed by atoms with Gasteiger partial charge in [-0.15, -0.1) is 11.3 Å². The number of aryl methyl sites for hydroxylation is 3. The van der Waals surface area contributed by atoms with Gasteiger partial charge in [-0.2, -0.15) is 18.3 Å². The van der Waals surface area contributed by atoms with Crippen LogP contribution in [0.4, 0.5) is 13.2 Å². The SMILES string of the molecule is Cc1cc(CN2CCCCC2CCc2cccs2)n(C)n1.O=C(O)C(F)(F)F. The van der Waals surface area contributed by atoms with Gasteiger partial charge < -0.3 is 5.11 Å². The number of carbonyl (C=O) groups is 1. The highest BCUT2D eigenvalue weighted by molar-refractivity contribution is 7.09. The third-order valence-electron chi connectivity index (χ3n) is 4.76. The first-order valence-corrected chi connectivity index (χ1v) is 10.1. The average Bonchev–Trinajstić information content (AvgIpc) is 3.23. The summed E-state index contributed by atoms with van der Waals surface area (Å²) in [6.45, 7) is 4.36. The van der Waals surface area contributed by atoms with Crippen LogP contribution in [0.15, 0.2) is 23.6 Å². The van der Waals surface area contributed by atoms with Crippen molar-refractivity contribution >= 4 is 17.3 Å². The van der Waals surface area contributed by atoms with E-state index in [0.717, 1.165) is 18.3 Å². The van der Waals surface area contributed by atoms with Crippen molar-refractivity contribution in [1.82, 2.24) is 14.7 Å². The number of alkyl halides is 3. The van der Waals surface area contributed by atoms with Crippen LogP contribution in [0.1, 0.15) is 41.9 Å². The Morgan fingerprint density at radius 1 is 1.39 bits per heavy atom. The second-order valence-electron chi connectivity index (χ2n) is 6.94. The maximum atomic E-state index is 10.6. The minimum absolute atomic E-state index is 0.732. The van der Waals surface area contributed by atoms with Gasteiger partial charge >= 0.3 is 12.1 Å². The minimum Gasteiger partial charge on any atom is -0.475 e. The Morgan fingerprint density at radius 3 is 2.64 bits per heavy atom. The second kappa shape index (κ2) is 10.1. The molecule has 2 aromatic heterocycles. The summed E-state index contributed by atoms with van der Waals surface area (Å²) in [6, 6.07) is 7.39. The molecule has 0 amide bonds. The maximum Gasteiger partial charge on any atom is 0.490 e. The number of likely N-dealkylation sites (tertiary alicyclic amines) is 1. The van der Waals surface area contributed by atoms with Crippen LogP contribution in [0.2, 0.25) is 0 Å². The highest BCUT2D eigenvalue weighted by atomic mass is 32.1. The van der Waals surface area contributed by atoms with Crippen molar-refractivity contribution in [2.75, 3.05) is 6.54 Å². The van der Waals surface area contributed by atoms with Crippen LogP contribution in [0.25, 0.3) is 0 Å². The van der Waals surface area contributed by atoms with Crippen molar-refractivity contribution in [2.45, 2.75) is 57.8 Å². The summed E-state index contributed by atoms with van der Waals surface area (Å²) in [7, 11) is 2.06. The first kappa shape index (κ1) is 22.4. The van der Waals surface area contributed by atoms with Gasteiger partial charge in [-0.05, 0) is 56.7 Å². The summed E-state index contributed by atoms with van der Waals surface area (Å²) in [6.07, 6.45) is 1.51. The maximum absolute atomic E-state index is 10.6. The number of aromatic nitrogens is 2. The lowest BCUT2D eigenvalue weighted by molar-refractivity contribution is -0.192. The van der Waals surface area contributed by atoms with Gasteiger partial charge in [0.25, 0.3) is 0 Å². The van der Waals surface area contributed by atoms with Gasteiger partial charge in [0.1, 0.15) is 0 Å². The average molecular weight is 417 g/mol. The summed E-state index contributed by atoms with van der Waals surface area (Å²) in [5.74, 6) is -2.76. The van der Waals surface area contributed by atoms with Gasteiger partial charge in [-0.1, -0.05) is 12.5 Å². The molecule has 0 radical (unpaired) electrons. The fourth-order valence-electron chi connectivity index (χ4n) is 3.38. The molecule has 156 valence electrons. The van der Waals surface area contributed by atoms with E-state index in [-0.39, 0.29) is 0 Å². The fraction of sp³-hybridized carbons (Fsp3) is 0.579. The number of aliphatic carboxylic acids is 1. The van der Waals surface area contributed by atoms with E-state index in [9.17, 15) is 13.2 Å². The Morgan fingerprint density at radius 2 is 2.11 bits per heavy atom. The third-order valence-corrected chi connectivity index (χ3v) is 5.70. The van der Waals surface area contributed by atoms with Crippen LogP contribution in [-0.4, -0.2) is 44.5 Å².